The van der Waals surface area contributed by atoms with Gasteiger partial charge in [0.25, 0.3) is 0 Å². The summed E-state index contributed by atoms with van der Waals surface area (Å²) in [6, 6.07) is 9.37. The molecule has 1 atom stereocenters. The molecule has 0 unspecified atom stereocenters. The van der Waals surface area contributed by atoms with E-state index in [1.807, 2.05) is 30.3 Å². The van der Waals surface area contributed by atoms with Crippen molar-refractivity contribution in [3.63, 3.8) is 0 Å². The average molecular weight is 232 g/mol. The van der Waals surface area contributed by atoms with Gasteiger partial charge >= 0.3 is 0 Å². The standard InChI is InChI=1S/C13H16N2O2/c1-9(14)13(16)15-7-6-11-8-10-4-2-3-5-12(10)17-11/h2-5,8-9H,6-7,14H2,1H3,(H,15,16)/t9-/m0/s1. The van der Waals surface area contributed by atoms with Crippen LogP contribution in [0.4, 0.5) is 0 Å². The van der Waals surface area contributed by atoms with Crippen molar-refractivity contribution in [2.24, 2.45) is 5.73 Å². The normalized spacial score (nSPS) is 12.6. The number of nitrogens with one attached hydrogen (secondary N) is 1. The summed E-state index contributed by atoms with van der Waals surface area (Å²) in [5.41, 5.74) is 6.32. The van der Waals surface area contributed by atoms with E-state index < -0.39 is 6.04 Å². The summed E-state index contributed by atoms with van der Waals surface area (Å²) in [4.78, 5) is 11.2. The number of carbonyl (C=O) groups excluding carboxylic acids is 1. The minimum absolute atomic E-state index is 0.138. The Kier molecular flexibility index (Phi) is 3.44. The van der Waals surface area contributed by atoms with Crippen LogP contribution in [0.25, 0.3) is 11.0 Å². The lowest BCUT2D eigenvalue weighted by Gasteiger charge is -2.05. The van der Waals surface area contributed by atoms with Crippen LogP contribution in [0.1, 0.15) is 12.7 Å². The maximum atomic E-state index is 11.2. The molecule has 0 aliphatic rings. The highest BCUT2D eigenvalue weighted by molar-refractivity contribution is 5.81. The van der Waals surface area contributed by atoms with Gasteiger partial charge in [0.1, 0.15) is 11.3 Å². The Balaban J connectivity index is 1.93. The van der Waals surface area contributed by atoms with Gasteiger partial charge in [0, 0.05) is 18.4 Å². The molecule has 0 bridgehead atoms. The van der Waals surface area contributed by atoms with Gasteiger partial charge in [-0.05, 0) is 19.1 Å². The van der Waals surface area contributed by atoms with E-state index in [9.17, 15) is 4.79 Å². The molecular weight excluding hydrogens is 216 g/mol. The van der Waals surface area contributed by atoms with E-state index in [1.165, 1.54) is 0 Å². The molecule has 0 fully saturated rings. The van der Waals surface area contributed by atoms with Crippen molar-refractivity contribution in [1.29, 1.82) is 0 Å². The molecule has 0 radical (unpaired) electrons. The van der Waals surface area contributed by atoms with Gasteiger partial charge < -0.3 is 15.5 Å². The van der Waals surface area contributed by atoms with Crippen LogP contribution in [0, 0.1) is 0 Å². The molecule has 4 nitrogen and oxygen atoms in total. The number of amides is 1. The van der Waals surface area contributed by atoms with Crippen molar-refractivity contribution in [3.05, 3.63) is 36.1 Å². The first-order valence-electron chi connectivity index (χ1n) is 5.67. The molecule has 3 N–H and O–H groups in total. The van der Waals surface area contributed by atoms with Crippen molar-refractivity contribution in [1.82, 2.24) is 5.32 Å². The van der Waals surface area contributed by atoms with E-state index >= 15 is 0 Å². The first-order valence-corrected chi connectivity index (χ1v) is 5.67. The highest BCUT2D eigenvalue weighted by Gasteiger charge is 2.07. The summed E-state index contributed by atoms with van der Waals surface area (Å²) >= 11 is 0. The Labute approximate surface area is 99.8 Å². The zero-order chi connectivity index (χ0) is 12.3. The number of nitrogens with two attached hydrogens (primary N) is 1. The van der Waals surface area contributed by atoms with Crippen molar-refractivity contribution in [3.8, 4) is 0 Å². The van der Waals surface area contributed by atoms with Crippen molar-refractivity contribution in [2.45, 2.75) is 19.4 Å². The Bertz CT molecular complexity index is 484. The number of rotatable bonds is 4. The molecule has 1 amide bonds. The van der Waals surface area contributed by atoms with Crippen molar-refractivity contribution < 1.29 is 9.21 Å². The van der Waals surface area contributed by atoms with Crippen LogP contribution in [-0.4, -0.2) is 18.5 Å². The third-order valence-corrected chi connectivity index (χ3v) is 2.56. The van der Waals surface area contributed by atoms with Crippen molar-refractivity contribution in [2.75, 3.05) is 6.54 Å². The van der Waals surface area contributed by atoms with Crippen LogP contribution in [0.5, 0.6) is 0 Å². The lowest BCUT2D eigenvalue weighted by atomic mass is 10.2. The van der Waals surface area contributed by atoms with Crippen LogP contribution in [-0.2, 0) is 11.2 Å². The van der Waals surface area contributed by atoms with Gasteiger partial charge in [-0.25, -0.2) is 0 Å². The second kappa shape index (κ2) is 5.01. The van der Waals surface area contributed by atoms with E-state index in [0.717, 1.165) is 16.7 Å². The van der Waals surface area contributed by atoms with E-state index in [4.69, 9.17) is 10.2 Å². The average Bonchev–Trinajstić information content (AvgIpc) is 2.71. The fraction of sp³-hybridized carbons (Fsp3) is 0.308. The number of hydrogen-bond acceptors (Lipinski definition) is 3. The summed E-state index contributed by atoms with van der Waals surface area (Å²) in [7, 11) is 0. The van der Waals surface area contributed by atoms with E-state index in [2.05, 4.69) is 5.32 Å². The highest BCUT2D eigenvalue weighted by atomic mass is 16.3. The number of fused-ring (bicyclic) bond motifs is 1. The second-order valence-electron chi connectivity index (χ2n) is 4.08. The molecule has 4 heteroatoms. The molecule has 90 valence electrons. The highest BCUT2D eigenvalue weighted by Crippen LogP contribution is 2.18. The number of para-hydroxylation sites is 1. The summed E-state index contributed by atoms with van der Waals surface area (Å²) in [6.45, 7) is 2.21. The first kappa shape index (κ1) is 11.7. The van der Waals surface area contributed by atoms with Crippen LogP contribution in [0.15, 0.2) is 34.7 Å². The second-order valence-corrected chi connectivity index (χ2v) is 4.08. The van der Waals surface area contributed by atoms with Gasteiger partial charge in [-0.1, -0.05) is 18.2 Å². The van der Waals surface area contributed by atoms with Crippen LogP contribution >= 0.6 is 0 Å². The number of furan rings is 1. The SMILES string of the molecule is C[C@H](N)C(=O)NCCc1cc2ccccc2o1. The van der Waals surface area contributed by atoms with Gasteiger partial charge in [-0.15, -0.1) is 0 Å². The van der Waals surface area contributed by atoms with E-state index in [1.54, 1.807) is 6.92 Å². The Hall–Kier alpha value is -1.81. The maximum absolute atomic E-state index is 11.2. The third kappa shape index (κ3) is 2.85. The number of benzene rings is 1. The quantitative estimate of drug-likeness (QED) is 0.838. The van der Waals surface area contributed by atoms with Gasteiger partial charge in [-0.3, -0.25) is 4.79 Å². The molecule has 1 aromatic heterocycles. The minimum atomic E-state index is -0.467. The zero-order valence-corrected chi connectivity index (χ0v) is 9.77. The lowest BCUT2D eigenvalue weighted by molar-refractivity contribution is -0.121. The van der Waals surface area contributed by atoms with Gasteiger partial charge in [0.2, 0.25) is 5.91 Å². The topological polar surface area (TPSA) is 68.3 Å². The van der Waals surface area contributed by atoms with Gasteiger partial charge in [-0.2, -0.15) is 0 Å². The number of hydrogen-bond donors (Lipinski definition) is 2. The third-order valence-electron chi connectivity index (χ3n) is 2.56. The van der Waals surface area contributed by atoms with Crippen LogP contribution in [0.2, 0.25) is 0 Å². The Morgan fingerprint density at radius 1 is 1.47 bits per heavy atom. The summed E-state index contributed by atoms with van der Waals surface area (Å²) < 4.78 is 5.63. The molecule has 1 heterocycles. The number of carbonyl (C=O) groups is 1. The molecule has 0 aliphatic carbocycles. The Morgan fingerprint density at radius 2 is 2.24 bits per heavy atom. The fourth-order valence-corrected chi connectivity index (χ4v) is 1.63. The van der Waals surface area contributed by atoms with Crippen LogP contribution in [0.3, 0.4) is 0 Å². The molecular formula is C13H16N2O2. The molecule has 17 heavy (non-hydrogen) atoms. The summed E-state index contributed by atoms with van der Waals surface area (Å²) in [6.07, 6.45) is 0.674. The first-order chi connectivity index (χ1) is 8.16. The van der Waals surface area contributed by atoms with Crippen LogP contribution < -0.4 is 11.1 Å². The fourth-order valence-electron chi connectivity index (χ4n) is 1.63. The molecule has 0 saturated heterocycles. The molecule has 1 aromatic carbocycles. The molecule has 0 saturated carbocycles. The van der Waals surface area contributed by atoms with Gasteiger partial charge in [0.05, 0.1) is 6.04 Å². The summed E-state index contributed by atoms with van der Waals surface area (Å²) in [5.74, 6) is 0.734. The smallest absolute Gasteiger partial charge is 0.236 e. The summed E-state index contributed by atoms with van der Waals surface area (Å²) in [5, 5.41) is 3.84. The predicted molar refractivity (Wildman–Crippen MR) is 66.6 cm³/mol. The predicted octanol–water partition coefficient (Wildman–Crippen LogP) is 1.44. The minimum Gasteiger partial charge on any atom is -0.461 e. The molecule has 2 rings (SSSR count). The van der Waals surface area contributed by atoms with E-state index in [0.29, 0.717) is 13.0 Å². The molecule has 0 aliphatic heterocycles. The lowest BCUT2D eigenvalue weighted by Crippen LogP contribution is -2.39. The largest absolute Gasteiger partial charge is 0.461 e. The van der Waals surface area contributed by atoms with Gasteiger partial charge in [0.15, 0.2) is 0 Å². The molecule has 0 spiro atoms. The molecule has 2 aromatic rings. The van der Waals surface area contributed by atoms with E-state index in [-0.39, 0.29) is 5.91 Å². The Morgan fingerprint density at radius 3 is 2.94 bits per heavy atom. The zero-order valence-electron chi connectivity index (χ0n) is 9.77. The van der Waals surface area contributed by atoms with Crippen molar-refractivity contribution >= 4 is 16.9 Å². The monoisotopic (exact) mass is 232 g/mol. The maximum Gasteiger partial charge on any atom is 0.236 e.